The molecule has 0 bridgehead atoms. The lowest BCUT2D eigenvalue weighted by molar-refractivity contribution is -0.209. The van der Waals surface area contributed by atoms with Gasteiger partial charge in [0.05, 0.1) is 23.6 Å². The number of rotatable bonds is 4. The van der Waals surface area contributed by atoms with Gasteiger partial charge in [-0.05, 0) is 18.2 Å². The smallest absolute Gasteiger partial charge is 0.394 e. The van der Waals surface area contributed by atoms with Crippen LogP contribution in [0.3, 0.4) is 0 Å². The molecule has 4 rings (SSSR count). The van der Waals surface area contributed by atoms with Crippen LogP contribution in [0.2, 0.25) is 0 Å². The van der Waals surface area contributed by atoms with E-state index in [1.165, 1.54) is 6.33 Å². The first-order valence-electron chi connectivity index (χ1n) is 8.88. The van der Waals surface area contributed by atoms with Crippen LogP contribution in [0.15, 0.2) is 59.9 Å². The van der Waals surface area contributed by atoms with Gasteiger partial charge in [0.2, 0.25) is 0 Å². The molecule has 2 heterocycles. The molecule has 0 fully saturated rings. The number of hydrogen-bond donors (Lipinski definition) is 0. The van der Waals surface area contributed by atoms with E-state index in [1.54, 1.807) is 22.8 Å². The molecule has 0 aliphatic carbocycles. The zero-order valence-electron chi connectivity index (χ0n) is 15.5. The van der Waals surface area contributed by atoms with E-state index in [-0.39, 0.29) is 17.9 Å². The molecule has 0 unspecified atom stereocenters. The minimum Gasteiger partial charge on any atom is -0.394 e. The average Bonchev–Trinajstić information content (AvgIpc) is 3.11. The number of aliphatic imine (C=N–C) groups is 1. The summed E-state index contributed by atoms with van der Waals surface area (Å²) >= 11 is 0. The van der Waals surface area contributed by atoms with Crippen LogP contribution in [0.5, 0.6) is 0 Å². The first kappa shape index (κ1) is 19.5. The standard InChI is InChI=1S/C22H14F3N3O2/c1-2-14-8-9-17-16(10-14)19(15-6-4-3-5-7-15)26-11-18-20(27-13-28(17)18)21(29)30-22(24,25)12-23/h1,3-10,13H,11-12H2. The summed E-state index contributed by atoms with van der Waals surface area (Å²) in [5.74, 6) is 1.15. The Morgan fingerprint density at radius 2 is 2.00 bits per heavy atom. The van der Waals surface area contributed by atoms with E-state index in [0.717, 1.165) is 5.56 Å². The number of halogens is 3. The largest absolute Gasteiger partial charge is 0.429 e. The third-order valence-corrected chi connectivity index (χ3v) is 4.57. The van der Waals surface area contributed by atoms with Crippen molar-refractivity contribution in [2.24, 2.45) is 4.99 Å². The lowest BCUT2D eigenvalue weighted by Gasteiger charge is -2.13. The molecule has 2 aromatic carbocycles. The van der Waals surface area contributed by atoms with Crippen molar-refractivity contribution in [3.05, 3.63) is 82.9 Å². The van der Waals surface area contributed by atoms with Crippen LogP contribution in [-0.2, 0) is 11.3 Å². The van der Waals surface area contributed by atoms with Crippen molar-refractivity contribution in [3.63, 3.8) is 0 Å². The summed E-state index contributed by atoms with van der Waals surface area (Å²) in [7, 11) is 0. The summed E-state index contributed by atoms with van der Waals surface area (Å²) in [6.07, 6.45) is 2.64. The molecule has 30 heavy (non-hydrogen) atoms. The van der Waals surface area contributed by atoms with Crippen molar-refractivity contribution in [3.8, 4) is 18.0 Å². The number of imidazole rings is 1. The summed E-state index contributed by atoms with van der Waals surface area (Å²) in [6.45, 7) is -2.15. The van der Waals surface area contributed by atoms with Crippen molar-refractivity contribution in [2.75, 3.05) is 6.67 Å². The van der Waals surface area contributed by atoms with Crippen LogP contribution in [0, 0.1) is 12.3 Å². The second-order valence-electron chi connectivity index (χ2n) is 6.48. The highest BCUT2D eigenvalue weighted by atomic mass is 19.3. The lowest BCUT2D eigenvalue weighted by Crippen LogP contribution is -2.28. The van der Waals surface area contributed by atoms with Gasteiger partial charge in [-0.2, -0.15) is 8.78 Å². The van der Waals surface area contributed by atoms with Crippen molar-refractivity contribution >= 4 is 11.7 Å². The Labute approximate surface area is 169 Å². The van der Waals surface area contributed by atoms with Crippen molar-refractivity contribution in [1.29, 1.82) is 0 Å². The van der Waals surface area contributed by atoms with E-state index in [0.29, 0.717) is 22.5 Å². The van der Waals surface area contributed by atoms with Crippen molar-refractivity contribution in [2.45, 2.75) is 12.7 Å². The third kappa shape index (κ3) is 3.46. The average molecular weight is 409 g/mol. The summed E-state index contributed by atoms with van der Waals surface area (Å²) in [4.78, 5) is 20.7. The molecule has 0 saturated carbocycles. The number of nitrogens with zero attached hydrogens (tertiary/aromatic N) is 3. The van der Waals surface area contributed by atoms with Gasteiger partial charge in [-0.15, -0.1) is 6.42 Å². The SMILES string of the molecule is C#Cc1ccc2c(c1)C(c1ccccc1)=NCc1c(C(=O)OC(F)(F)CF)ncn1-2. The van der Waals surface area contributed by atoms with E-state index >= 15 is 0 Å². The molecular formula is C22H14F3N3O2. The minimum atomic E-state index is -4.23. The molecule has 0 amide bonds. The number of fused-ring (bicyclic) bond motifs is 3. The van der Waals surface area contributed by atoms with Gasteiger partial charge in [-0.1, -0.05) is 36.3 Å². The Bertz CT molecular complexity index is 1190. The highest BCUT2D eigenvalue weighted by molar-refractivity contribution is 6.15. The molecule has 3 aromatic rings. The molecule has 8 heteroatoms. The van der Waals surface area contributed by atoms with Gasteiger partial charge in [0.15, 0.2) is 12.4 Å². The van der Waals surface area contributed by atoms with Crippen LogP contribution in [-0.4, -0.2) is 34.0 Å². The van der Waals surface area contributed by atoms with Crippen LogP contribution in [0.25, 0.3) is 5.69 Å². The molecule has 1 aromatic heterocycles. The van der Waals surface area contributed by atoms with Crippen molar-refractivity contribution in [1.82, 2.24) is 9.55 Å². The normalized spacial score (nSPS) is 12.8. The Morgan fingerprint density at radius 1 is 1.23 bits per heavy atom. The number of carbonyl (C=O) groups is 1. The Hall–Kier alpha value is -3.86. The second kappa shape index (κ2) is 7.52. The highest BCUT2D eigenvalue weighted by Crippen LogP contribution is 2.28. The molecule has 150 valence electrons. The predicted octanol–water partition coefficient (Wildman–Crippen LogP) is 3.92. The van der Waals surface area contributed by atoms with Gasteiger partial charge < -0.3 is 4.74 Å². The van der Waals surface area contributed by atoms with Crippen LogP contribution in [0.1, 0.15) is 32.9 Å². The second-order valence-corrected chi connectivity index (χ2v) is 6.48. The molecule has 0 saturated heterocycles. The van der Waals surface area contributed by atoms with Crippen LogP contribution < -0.4 is 0 Å². The highest BCUT2D eigenvalue weighted by Gasteiger charge is 2.36. The molecule has 5 nitrogen and oxygen atoms in total. The van der Waals surface area contributed by atoms with Crippen molar-refractivity contribution < 1.29 is 22.7 Å². The lowest BCUT2D eigenvalue weighted by atomic mass is 9.98. The fourth-order valence-electron chi connectivity index (χ4n) is 3.22. The number of alkyl halides is 3. The monoisotopic (exact) mass is 409 g/mol. The molecule has 1 aliphatic heterocycles. The molecule has 0 spiro atoms. The first-order chi connectivity index (χ1) is 14.4. The number of carbonyl (C=O) groups excluding carboxylic acids is 1. The molecule has 0 N–H and O–H groups in total. The van der Waals surface area contributed by atoms with E-state index < -0.39 is 18.8 Å². The van der Waals surface area contributed by atoms with Gasteiger partial charge in [0.1, 0.15) is 6.33 Å². The van der Waals surface area contributed by atoms with Gasteiger partial charge in [0, 0.05) is 16.7 Å². The molecule has 1 aliphatic rings. The predicted molar refractivity (Wildman–Crippen MR) is 104 cm³/mol. The maximum Gasteiger partial charge on any atom is 0.429 e. The fraction of sp³-hybridized carbons (Fsp3) is 0.136. The Balaban J connectivity index is 1.86. The molecule has 0 atom stereocenters. The summed E-state index contributed by atoms with van der Waals surface area (Å²) in [6, 6.07) is 14.6. The molecular weight excluding hydrogens is 395 g/mol. The Morgan fingerprint density at radius 3 is 2.70 bits per heavy atom. The van der Waals surface area contributed by atoms with E-state index in [1.807, 2.05) is 30.3 Å². The van der Waals surface area contributed by atoms with Crippen LogP contribution in [0.4, 0.5) is 13.2 Å². The maximum atomic E-state index is 13.2. The quantitative estimate of drug-likeness (QED) is 0.485. The number of benzene rings is 2. The van der Waals surface area contributed by atoms with Crippen LogP contribution >= 0.6 is 0 Å². The number of terminal acetylenes is 1. The Kier molecular flexibility index (Phi) is 4.88. The van der Waals surface area contributed by atoms with E-state index in [9.17, 15) is 18.0 Å². The van der Waals surface area contributed by atoms with Gasteiger partial charge in [-0.25, -0.2) is 14.2 Å². The minimum absolute atomic E-state index is 0.0318. The summed E-state index contributed by atoms with van der Waals surface area (Å²) in [5.41, 5.74) is 3.28. The number of aromatic nitrogens is 2. The van der Waals surface area contributed by atoms with E-state index in [4.69, 9.17) is 6.42 Å². The zero-order valence-corrected chi connectivity index (χ0v) is 15.5. The van der Waals surface area contributed by atoms with Gasteiger partial charge in [0.25, 0.3) is 0 Å². The third-order valence-electron chi connectivity index (χ3n) is 4.57. The topological polar surface area (TPSA) is 56.5 Å². The summed E-state index contributed by atoms with van der Waals surface area (Å²) < 4.78 is 44.4. The zero-order chi connectivity index (χ0) is 21.3. The molecule has 0 radical (unpaired) electrons. The van der Waals surface area contributed by atoms with Gasteiger partial charge >= 0.3 is 12.1 Å². The fourth-order valence-corrected chi connectivity index (χ4v) is 3.22. The van der Waals surface area contributed by atoms with E-state index in [2.05, 4.69) is 20.6 Å². The first-order valence-corrected chi connectivity index (χ1v) is 8.88. The number of ether oxygens (including phenoxy) is 1. The summed E-state index contributed by atoms with van der Waals surface area (Å²) in [5, 5.41) is 0. The maximum absolute atomic E-state index is 13.2. The number of hydrogen-bond acceptors (Lipinski definition) is 4. The van der Waals surface area contributed by atoms with Gasteiger partial charge in [-0.3, -0.25) is 9.56 Å². The number of esters is 1.